The SMILES string of the molecule is O=C(COc1cccc(Br)c1)N/N=C/c1ccc(Sc2nc3ccccc3[nH]2)o1. The van der Waals surface area contributed by atoms with Crippen molar-refractivity contribution in [2.75, 3.05) is 6.61 Å². The molecule has 0 saturated carbocycles. The number of halogens is 1. The summed E-state index contributed by atoms with van der Waals surface area (Å²) in [5.41, 5.74) is 4.27. The smallest absolute Gasteiger partial charge is 0.277 e. The van der Waals surface area contributed by atoms with E-state index in [0.29, 0.717) is 16.6 Å². The average Bonchev–Trinajstić information content (AvgIpc) is 3.33. The van der Waals surface area contributed by atoms with E-state index in [4.69, 9.17) is 9.15 Å². The van der Waals surface area contributed by atoms with Crippen molar-refractivity contribution in [1.82, 2.24) is 15.4 Å². The molecular weight excluding hydrogens is 456 g/mol. The highest BCUT2D eigenvalue weighted by atomic mass is 79.9. The van der Waals surface area contributed by atoms with Crippen LogP contribution in [0.1, 0.15) is 5.76 Å². The van der Waals surface area contributed by atoms with Crippen LogP contribution in [0, 0.1) is 0 Å². The van der Waals surface area contributed by atoms with E-state index in [9.17, 15) is 4.79 Å². The van der Waals surface area contributed by atoms with Crippen molar-refractivity contribution < 1.29 is 13.9 Å². The van der Waals surface area contributed by atoms with Crippen molar-refractivity contribution in [1.29, 1.82) is 0 Å². The van der Waals surface area contributed by atoms with Gasteiger partial charge in [0.05, 0.1) is 17.2 Å². The molecule has 0 aliphatic carbocycles. The molecule has 0 spiro atoms. The Hall–Kier alpha value is -3.04. The van der Waals surface area contributed by atoms with Crippen LogP contribution in [-0.4, -0.2) is 28.7 Å². The van der Waals surface area contributed by atoms with E-state index in [1.165, 1.54) is 18.0 Å². The van der Waals surface area contributed by atoms with Gasteiger partial charge in [-0.05, 0) is 54.2 Å². The molecule has 0 atom stereocenters. The zero-order valence-corrected chi connectivity index (χ0v) is 17.4. The number of nitrogens with zero attached hydrogens (tertiary/aromatic N) is 2. The first-order valence-corrected chi connectivity index (χ1v) is 10.2. The number of rotatable bonds is 7. The Morgan fingerprint density at radius 3 is 3.00 bits per heavy atom. The van der Waals surface area contributed by atoms with Gasteiger partial charge in [0.2, 0.25) is 0 Å². The molecule has 0 unspecified atom stereocenters. The van der Waals surface area contributed by atoms with E-state index in [2.05, 4.69) is 36.4 Å². The van der Waals surface area contributed by atoms with Crippen LogP contribution in [0.25, 0.3) is 11.0 Å². The highest BCUT2D eigenvalue weighted by molar-refractivity contribution is 9.10. The van der Waals surface area contributed by atoms with E-state index < -0.39 is 0 Å². The first kappa shape index (κ1) is 19.3. The number of hydrogen-bond acceptors (Lipinski definition) is 6. The lowest BCUT2D eigenvalue weighted by Crippen LogP contribution is -2.24. The van der Waals surface area contributed by atoms with Crippen LogP contribution in [0.3, 0.4) is 0 Å². The minimum Gasteiger partial charge on any atom is -0.484 e. The molecule has 2 N–H and O–H groups in total. The minimum absolute atomic E-state index is 0.140. The number of hydrazone groups is 1. The van der Waals surface area contributed by atoms with Gasteiger partial charge >= 0.3 is 0 Å². The number of H-pyrrole nitrogens is 1. The highest BCUT2D eigenvalue weighted by Gasteiger charge is 2.08. The monoisotopic (exact) mass is 470 g/mol. The molecule has 2 heterocycles. The van der Waals surface area contributed by atoms with Crippen LogP contribution >= 0.6 is 27.7 Å². The summed E-state index contributed by atoms with van der Waals surface area (Å²) in [5, 5.41) is 5.29. The van der Waals surface area contributed by atoms with Crippen molar-refractivity contribution in [3.63, 3.8) is 0 Å². The van der Waals surface area contributed by atoms with Gasteiger partial charge in [-0.2, -0.15) is 5.10 Å². The van der Waals surface area contributed by atoms with Gasteiger partial charge in [-0.15, -0.1) is 0 Å². The number of carbonyl (C=O) groups excluding carboxylic acids is 1. The van der Waals surface area contributed by atoms with Gasteiger partial charge in [0, 0.05) is 4.47 Å². The Morgan fingerprint density at radius 2 is 2.14 bits per heavy atom. The third-order valence-electron chi connectivity index (χ3n) is 3.71. The van der Waals surface area contributed by atoms with E-state index in [-0.39, 0.29) is 12.5 Å². The summed E-state index contributed by atoms with van der Waals surface area (Å²) < 4.78 is 11.9. The number of amides is 1. The largest absolute Gasteiger partial charge is 0.484 e. The summed E-state index contributed by atoms with van der Waals surface area (Å²) in [6, 6.07) is 18.6. The lowest BCUT2D eigenvalue weighted by atomic mass is 10.3. The fraction of sp³-hybridized carbons (Fsp3) is 0.0500. The Balaban J connectivity index is 1.28. The van der Waals surface area contributed by atoms with Crippen molar-refractivity contribution in [3.05, 3.63) is 70.9 Å². The normalized spacial score (nSPS) is 11.2. The number of nitrogens with one attached hydrogen (secondary N) is 2. The molecule has 4 aromatic rings. The molecule has 146 valence electrons. The number of furan rings is 1. The van der Waals surface area contributed by atoms with Crippen LogP contribution in [0.4, 0.5) is 0 Å². The third kappa shape index (κ3) is 5.27. The van der Waals surface area contributed by atoms with Gasteiger partial charge < -0.3 is 14.1 Å². The fourth-order valence-electron chi connectivity index (χ4n) is 2.44. The topological polar surface area (TPSA) is 92.5 Å². The molecule has 0 aliphatic heterocycles. The molecule has 2 aromatic carbocycles. The predicted octanol–water partition coefficient (Wildman–Crippen LogP) is 4.60. The zero-order valence-electron chi connectivity index (χ0n) is 15.0. The lowest BCUT2D eigenvalue weighted by molar-refractivity contribution is -0.123. The summed E-state index contributed by atoms with van der Waals surface area (Å²) >= 11 is 4.72. The van der Waals surface area contributed by atoms with Gasteiger partial charge in [-0.25, -0.2) is 10.4 Å². The number of carbonyl (C=O) groups is 1. The quantitative estimate of drug-likeness (QED) is 0.304. The van der Waals surface area contributed by atoms with Crippen molar-refractivity contribution in [2.45, 2.75) is 10.2 Å². The van der Waals surface area contributed by atoms with Gasteiger partial charge in [0.15, 0.2) is 16.9 Å². The van der Waals surface area contributed by atoms with Crippen LogP contribution < -0.4 is 10.2 Å². The number of fused-ring (bicyclic) bond motifs is 1. The van der Waals surface area contributed by atoms with Crippen LogP contribution in [-0.2, 0) is 4.79 Å². The van der Waals surface area contributed by atoms with E-state index in [1.54, 1.807) is 18.2 Å². The first-order valence-electron chi connectivity index (χ1n) is 8.58. The van der Waals surface area contributed by atoms with Crippen molar-refractivity contribution in [3.8, 4) is 5.75 Å². The summed E-state index contributed by atoms with van der Waals surface area (Å²) in [6.45, 7) is -0.140. The van der Waals surface area contributed by atoms with Gasteiger partial charge in [-0.1, -0.05) is 34.1 Å². The average molecular weight is 471 g/mol. The molecule has 4 rings (SSSR count). The molecule has 7 nitrogen and oxygen atoms in total. The molecule has 2 aromatic heterocycles. The summed E-state index contributed by atoms with van der Waals surface area (Å²) in [6.07, 6.45) is 1.43. The number of para-hydroxylation sites is 2. The Labute approximate surface area is 178 Å². The van der Waals surface area contributed by atoms with Crippen molar-refractivity contribution in [2.24, 2.45) is 5.10 Å². The Bertz CT molecular complexity index is 1140. The van der Waals surface area contributed by atoms with E-state index in [1.807, 2.05) is 42.5 Å². The number of imidazole rings is 1. The molecule has 0 fully saturated rings. The molecule has 0 aliphatic rings. The predicted molar refractivity (Wildman–Crippen MR) is 114 cm³/mol. The zero-order chi connectivity index (χ0) is 20.1. The number of aromatic nitrogens is 2. The van der Waals surface area contributed by atoms with Gasteiger partial charge in [0.25, 0.3) is 5.91 Å². The van der Waals surface area contributed by atoms with Gasteiger partial charge in [-0.3, -0.25) is 4.79 Å². The summed E-state index contributed by atoms with van der Waals surface area (Å²) in [7, 11) is 0. The highest BCUT2D eigenvalue weighted by Crippen LogP contribution is 2.28. The van der Waals surface area contributed by atoms with E-state index >= 15 is 0 Å². The maximum absolute atomic E-state index is 11.8. The second-order valence-corrected chi connectivity index (χ2v) is 7.77. The second-order valence-electron chi connectivity index (χ2n) is 5.86. The fourth-order valence-corrected chi connectivity index (χ4v) is 3.59. The first-order chi connectivity index (χ1) is 14.2. The Kier molecular flexibility index (Phi) is 5.97. The summed E-state index contributed by atoms with van der Waals surface area (Å²) in [5.74, 6) is 0.735. The maximum Gasteiger partial charge on any atom is 0.277 e. The standard InChI is InChI=1S/C20H15BrN4O3S/c21-13-4-3-5-14(10-13)27-12-18(26)25-22-11-15-8-9-19(28-15)29-20-23-16-6-1-2-7-17(16)24-20/h1-11H,12H2,(H,23,24)(H,25,26)/b22-11+. The number of benzene rings is 2. The molecular formula is C20H15BrN4O3S. The molecule has 0 bridgehead atoms. The van der Waals surface area contributed by atoms with Crippen LogP contribution in [0.15, 0.2) is 84.9 Å². The molecule has 9 heteroatoms. The van der Waals surface area contributed by atoms with E-state index in [0.717, 1.165) is 20.7 Å². The van der Waals surface area contributed by atoms with Gasteiger partial charge in [0.1, 0.15) is 11.5 Å². The molecule has 29 heavy (non-hydrogen) atoms. The third-order valence-corrected chi connectivity index (χ3v) is 5.01. The molecule has 0 saturated heterocycles. The molecule has 0 radical (unpaired) electrons. The number of hydrogen-bond donors (Lipinski definition) is 2. The molecule has 1 amide bonds. The maximum atomic E-state index is 11.8. The van der Waals surface area contributed by atoms with Crippen molar-refractivity contribution >= 4 is 50.8 Å². The lowest BCUT2D eigenvalue weighted by Gasteiger charge is -2.04. The minimum atomic E-state index is -0.371. The van der Waals surface area contributed by atoms with Crippen LogP contribution in [0.2, 0.25) is 0 Å². The number of ether oxygens (including phenoxy) is 1. The number of aromatic amines is 1. The van der Waals surface area contributed by atoms with Crippen LogP contribution in [0.5, 0.6) is 5.75 Å². The Morgan fingerprint density at radius 1 is 1.24 bits per heavy atom. The second kappa shape index (κ2) is 8.97. The summed E-state index contributed by atoms with van der Waals surface area (Å²) in [4.78, 5) is 19.5.